The Bertz CT molecular complexity index is 418. The SMILES string of the molecule is O=S1(=O)C=CC(NC2CCN3CCCCC23)C1. The van der Waals surface area contributed by atoms with Crippen LogP contribution in [0.5, 0.6) is 0 Å². The lowest BCUT2D eigenvalue weighted by Gasteiger charge is -2.33. The van der Waals surface area contributed by atoms with Crippen LogP contribution >= 0.6 is 0 Å². The van der Waals surface area contributed by atoms with Crippen LogP contribution in [0.25, 0.3) is 0 Å². The molecule has 3 heterocycles. The van der Waals surface area contributed by atoms with Crippen molar-refractivity contribution in [3.8, 4) is 0 Å². The summed E-state index contributed by atoms with van der Waals surface area (Å²) in [7, 11) is -2.92. The molecule has 3 unspecified atom stereocenters. The van der Waals surface area contributed by atoms with Gasteiger partial charge >= 0.3 is 0 Å². The maximum atomic E-state index is 11.4. The van der Waals surface area contributed by atoms with Gasteiger partial charge in [-0.15, -0.1) is 0 Å². The van der Waals surface area contributed by atoms with Gasteiger partial charge in [-0.25, -0.2) is 8.42 Å². The Labute approximate surface area is 103 Å². The average molecular weight is 256 g/mol. The minimum Gasteiger partial charge on any atom is -0.305 e. The second kappa shape index (κ2) is 4.37. The van der Waals surface area contributed by atoms with Crippen LogP contribution in [-0.2, 0) is 9.84 Å². The van der Waals surface area contributed by atoms with Crippen molar-refractivity contribution < 1.29 is 8.42 Å². The number of hydrogen-bond acceptors (Lipinski definition) is 4. The van der Waals surface area contributed by atoms with Crippen molar-refractivity contribution in [1.82, 2.24) is 10.2 Å². The summed E-state index contributed by atoms with van der Waals surface area (Å²) < 4.78 is 22.7. The zero-order valence-corrected chi connectivity index (χ0v) is 10.8. The normalized spacial score (nSPS) is 40.6. The van der Waals surface area contributed by atoms with E-state index in [2.05, 4.69) is 10.2 Å². The first-order valence-electron chi connectivity index (χ1n) is 6.55. The summed E-state index contributed by atoms with van der Waals surface area (Å²) in [5.74, 6) is 0.246. The van der Waals surface area contributed by atoms with E-state index in [0.29, 0.717) is 12.1 Å². The molecule has 3 atom stereocenters. The van der Waals surface area contributed by atoms with Crippen molar-refractivity contribution in [2.24, 2.45) is 0 Å². The smallest absolute Gasteiger partial charge is 0.173 e. The summed E-state index contributed by atoms with van der Waals surface area (Å²) in [5.41, 5.74) is 0. The van der Waals surface area contributed by atoms with Crippen molar-refractivity contribution >= 4 is 9.84 Å². The molecular weight excluding hydrogens is 236 g/mol. The number of nitrogens with one attached hydrogen (secondary N) is 1. The molecule has 3 aliphatic rings. The van der Waals surface area contributed by atoms with Crippen LogP contribution in [0.15, 0.2) is 11.5 Å². The van der Waals surface area contributed by atoms with Crippen LogP contribution in [0.2, 0.25) is 0 Å². The standard InChI is InChI=1S/C12H20N2O2S/c15-17(16)8-5-10(9-17)13-11-4-7-14-6-2-1-3-12(11)14/h5,8,10-13H,1-4,6-7,9H2. The molecule has 3 aliphatic heterocycles. The molecule has 0 aliphatic carbocycles. The van der Waals surface area contributed by atoms with E-state index in [1.807, 2.05) is 0 Å². The second-order valence-corrected chi connectivity index (χ2v) is 7.36. The predicted octanol–water partition coefficient (Wildman–Crippen LogP) is 0.513. The molecule has 0 aromatic heterocycles. The zero-order chi connectivity index (χ0) is 11.9. The summed E-state index contributed by atoms with van der Waals surface area (Å²) >= 11 is 0. The summed E-state index contributed by atoms with van der Waals surface area (Å²) in [6, 6.07) is 1.16. The number of sulfone groups is 1. The van der Waals surface area contributed by atoms with Crippen LogP contribution in [0, 0.1) is 0 Å². The Hall–Kier alpha value is -0.390. The van der Waals surface area contributed by atoms with Crippen LogP contribution in [0.4, 0.5) is 0 Å². The van der Waals surface area contributed by atoms with Gasteiger partial charge in [0.05, 0.1) is 5.75 Å². The van der Waals surface area contributed by atoms with Crippen molar-refractivity contribution in [3.63, 3.8) is 0 Å². The van der Waals surface area contributed by atoms with Crippen LogP contribution in [-0.4, -0.2) is 50.3 Å². The van der Waals surface area contributed by atoms with E-state index in [1.165, 1.54) is 37.8 Å². The van der Waals surface area contributed by atoms with Gasteiger partial charge in [0.15, 0.2) is 9.84 Å². The number of rotatable bonds is 2. The number of fused-ring (bicyclic) bond motifs is 1. The van der Waals surface area contributed by atoms with Gasteiger partial charge in [-0.05, 0) is 25.8 Å². The monoisotopic (exact) mass is 256 g/mol. The molecule has 0 amide bonds. The van der Waals surface area contributed by atoms with Crippen LogP contribution < -0.4 is 5.32 Å². The molecule has 0 aromatic carbocycles. The minimum absolute atomic E-state index is 0.0341. The van der Waals surface area contributed by atoms with Crippen molar-refractivity contribution in [2.45, 2.75) is 43.8 Å². The van der Waals surface area contributed by atoms with E-state index in [1.54, 1.807) is 6.08 Å². The van der Waals surface area contributed by atoms with E-state index in [-0.39, 0.29) is 11.8 Å². The first kappa shape index (κ1) is 11.7. The van der Waals surface area contributed by atoms with Gasteiger partial charge < -0.3 is 5.32 Å². The lowest BCUT2D eigenvalue weighted by atomic mass is 9.98. The van der Waals surface area contributed by atoms with E-state index >= 15 is 0 Å². The average Bonchev–Trinajstić information content (AvgIpc) is 2.84. The third-order valence-electron chi connectivity index (χ3n) is 4.21. The summed E-state index contributed by atoms with van der Waals surface area (Å²) in [5, 5.41) is 4.88. The molecule has 0 radical (unpaired) electrons. The zero-order valence-electron chi connectivity index (χ0n) is 10.0. The maximum absolute atomic E-state index is 11.4. The maximum Gasteiger partial charge on any atom is 0.173 e. The number of nitrogens with zero attached hydrogens (tertiary/aromatic N) is 1. The third-order valence-corrected chi connectivity index (χ3v) is 5.61. The fraction of sp³-hybridized carbons (Fsp3) is 0.833. The highest BCUT2D eigenvalue weighted by Crippen LogP contribution is 2.27. The Kier molecular flexibility index (Phi) is 3.00. The Morgan fingerprint density at radius 1 is 1.18 bits per heavy atom. The highest BCUT2D eigenvalue weighted by Gasteiger charge is 2.37. The summed E-state index contributed by atoms with van der Waals surface area (Å²) in [4.78, 5) is 2.56. The van der Waals surface area contributed by atoms with Gasteiger partial charge in [0.25, 0.3) is 0 Å². The molecule has 2 fully saturated rings. The molecule has 5 heteroatoms. The highest BCUT2D eigenvalue weighted by molar-refractivity contribution is 7.94. The lowest BCUT2D eigenvalue weighted by molar-refractivity contribution is 0.179. The second-order valence-electron chi connectivity index (χ2n) is 5.43. The molecule has 0 aromatic rings. The fourth-order valence-corrected chi connectivity index (χ4v) is 4.64. The topological polar surface area (TPSA) is 49.4 Å². The van der Waals surface area contributed by atoms with Crippen molar-refractivity contribution in [3.05, 3.63) is 11.5 Å². The molecule has 17 heavy (non-hydrogen) atoms. The summed E-state index contributed by atoms with van der Waals surface area (Å²) in [6.45, 7) is 2.40. The highest BCUT2D eigenvalue weighted by atomic mass is 32.2. The van der Waals surface area contributed by atoms with E-state index in [4.69, 9.17) is 0 Å². The molecule has 96 valence electrons. The molecule has 0 spiro atoms. The first-order valence-corrected chi connectivity index (χ1v) is 8.27. The lowest BCUT2D eigenvalue weighted by Crippen LogP contribution is -2.48. The van der Waals surface area contributed by atoms with Crippen LogP contribution in [0.1, 0.15) is 25.7 Å². The molecule has 1 N–H and O–H groups in total. The van der Waals surface area contributed by atoms with E-state index in [0.717, 1.165) is 6.42 Å². The minimum atomic E-state index is -2.92. The first-order chi connectivity index (χ1) is 8.14. The van der Waals surface area contributed by atoms with Gasteiger partial charge in [-0.1, -0.05) is 12.5 Å². The third kappa shape index (κ3) is 2.41. The van der Waals surface area contributed by atoms with Crippen molar-refractivity contribution in [2.75, 3.05) is 18.8 Å². The van der Waals surface area contributed by atoms with Gasteiger partial charge in [0.2, 0.25) is 0 Å². The molecule has 4 nitrogen and oxygen atoms in total. The molecule has 0 bridgehead atoms. The van der Waals surface area contributed by atoms with Gasteiger partial charge in [-0.2, -0.15) is 0 Å². The molecular formula is C12H20N2O2S. The van der Waals surface area contributed by atoms with Gasteiger partial charge in [0, 0.05) is 30.1 Å². The molecule has 3 rings (SSSR count). The van der Waals surface area contributed by atoms with E-state index in [9.17, 15) is 8.42 Å². The number of hydrogen-bond donors (Lipinski definition) is 1. The fourth-order valence-electron chi connectivity index (χ4n) is 3.40. The Morgan fingerprint density at radius 2 is 2.06 bits per heavy atom. The quantitative estimate of drug-likeness (QED) is 0.782. The van der Waals surface area contributed by atoms with E-state index < -0.39 is 9.84 Å². The number of piperidine rings is 1. The molecule has 2 saturated heterocycles. The predicted molar refractivity (Wildman–Crippen MR) is 67.5 cm³/mol. The van der Waals surface area contributed by atoms with Crippen LogP contribution in [0.3, 0.4) is 0 Å². The largest absolute Gasteiger partial charge is 0.305 e. The Morgan fingerprint density at radius 3 is 2.82 bits per heavy atom. The van der Waals surface area contributed by atoms with Gasteiger partial charge in [0.1, 0.15) is 0 Å². The van der Waals surface area contributed by atoms with Gasteiger partial charge in [-0.3, -0.25) is 4.90 Å². The summed E-state index contributed by atoms with van der Waals surface area (Å²) in [6.07, 6.45) is 6.87. The van der Waals surface area contributed by atoms with Crippen molar-refractivity contribution in [1.29, 1.82) is 0 Å². The Balaban J connectivity index is 1.61. The molecule has 0 saturated carbocycles.